The molecule has 2 aliphatic rings. The molecule has 0 aromatic rings. The highest BCUT2D eigenvalue weighted by atomic mass is 16.2. The van der Waals surface area contributed by atoms with Gasteiger partial charge in [0.25, 0.3) is 5.91 Å². The molecule has 15 heavy (non-hydrogen) atoms. The van der Waals surface area contributed by atoms with E-state index in [1.807, 2.05) is 11.0 Å². The van der Waals surface area contributed by atoms with Crippen molar-refractivity contribution in [2.45, 2.75) is 25.8 Å². The number of rotatable bonds is 1. The summed E-state index contributed by atoms with van der Waals surface area (Å²) in [5.41, 5.74) is 0.870. The van der Waals surface area contributed by atoms with E-state index in [2.05, 4.69) is 24.4 Å². The van der Waals surface area contributed by atoms with Gasteiger partial charge in [-0.05, 0) is 19.8 Å². The molecule has 1 atom stereocenters. The Hall–Kier alpha value is -1.09. The van der Waals surface area contributed by atoms with Gasteiger partial charge in [-0.1, -0.05) is 18.2 Å². The molecule has 3 nitrogen and oxygen atoms in total. The van der Waals surface area contributed by atoms with Gasteiger partial charge >= 0.3 is 0 Å². The zero-order valence-electron chi connectivity index (χ0n) is 9.20. The number of carbonyl (C=O) groups excluding carboxylic acids is 1. The third kappa shape index (κ3) is 2.29. The minimum Gasteiger partial charge on any atom is -0.333 e. The average Bonchev–Trinajstić information content (AvgIpc) is 2.30. The predicted molar refractivity (Wildman–Crippen MR) is 60.5 cm³/mol. The SMILES string of the molecule is C[C@H]1CNCCN1C(=O)C1=CCCC=C1. The Kier molecular flexibility index (Phi) is 3.21. The van der Waals surface area contributed by atoms with Crippen molar-refractivity contribution in [1.29, 1.82) is 0 Å². The molecule has 1 aliphatic heterocycles. The van der Waals surface area contributed by atoms with Crippen LogP contribution in [-0.4, -0.2) is 36.5 Å². The van der Waals surface area contributed by atoms with Gasteiger partial charge in [-0.2, -0.15) is 0 Å². The van der Waals surface area contributed by atoms with Crippen LogP contribution in [0.1, 0.15) is 19.8 Å². The highest BCUT2D eigenvalue weighted by Gasteiger charge is 2.24. The first kappa shape index (κ1) is 10.4. The number of nitrogens with zero attached hydrogens (tertiary/aromatic N) is 1. The lowest BCUT2D eigenvalue weighted by atomic mass is 10.0. The molecule has 2 rings (SSSR count). The third-order valence-electron chi connectivity index (χ3n) is 3.00. The van der Waals surface area contributed by atoms with E-state index < -0.39 is 0 Å². The van der Waals surface area contributed by atoms with E-state index in [0.29, 0.717) is 6.04 Å². The normalized spacial score (nSPS) is 26.3. The van der Waals surface area contributed by atoms with Crippen molar-refractivity contribution in [3.63, 3.8) is 0 Å². The molecule has 0 saturated carbocycles. The van der Waals surface area contributed by atoms with Crippen LogP contribution in [0.25, 0.3) is 0 Å². The molecule has 1 heterocycles. The summed E-state index contributed by atoms with van der Waals surface area (Å²) in [5, 5.41) is 3.29. The molecular weight excluding hydrogens is 188 g/mol. The van der Waals surface area contributed by atoms with Crippen LogP contribution in [0.2, 0.25) is 0 Å². The highest BCUT2D eigenvalue weighted by molar-refractivity contribution is 5.96. The van der Waals surface area contributed by atoms with E-state index in [-0.39, 0.29) is 5.91 Å². The van der Waals surface area contributed by atoms with E-state index in [1.165, 1.54) is 0 Å². The van der Waals surface area contributed by atoms with E-state index >= 15 is 0 Å². The fourth-order valence-corrected chi connectivity index (χ4v) is 2.08. The molecule has 82 valence electrons. The van der Waals surface area contributed by atoms with Crippen molar-refractivity contribution in [2.75, 3.05) is 19.6 Å². The quantitative estimate of drug-likeness (QED) is 0.696. The second-order valence-electron chi connectivity index (χ2n) is 4.19. The summed E-state index contributed by atoms with van der Waals surface area (Å²) in [7, 11) is 0. The van der Waals surface area contributed by atoms with Crippen LogP contribution in [0, 0.1) is 0 Å². The van der Waals surface area contributed by atoms with Gasteiger partial charge in [-0.25, -0.2) is 0 Å². The fraction of sp³-hybridized carbons (Fsp3) is 0.583. The molecule has 0 aromatic carbocycles. The number of nitrogens with one attached hydrogen (secondary N) is 1. The Morgan fingerprint density at radius 1 is 1.53 bits per heavy atom. The number of carbonyl (C=O) groups is 1. The molecular formula is C12H18N2O. The lowest BCUT2D eigenvalue weighted by molar-refractivity contribution is -0.129. The van der Waals surface area contributed by atoms with Gasteiger partial charge in [0.05, 0.1) is 0 Å². The summed E-state index contributed by atoms with van der Waals surface area (Å²) in [6.45, 7) is 4.73. The predicted octanol–water partition coefficient (Wildman–Crippen LogP) is 1.08. The van der Waals surface area contributed by atoms with Crippen LogP contribution < -0.4 is 5.32 Å². The second kappa shape index (κ2) is 4.62. The van der Waals surface area contributed by atoms with E-state index in [9.17, 15) is 4.79 Å². The van der Waals surface area contributed by atoms with Crippen molar-refractivity contribution in [3.8, 4) is 0 Å². The van der Waals surface area contributed by atoms with Crippen LogP contribution in [-0.2, 0) is 4.79 Å². The first-order valence-corrected chi connectivity index (χ1v) is 5.67. The molecule has 1 amide bonds. The summed E-state index contributed by atoms with van der Waals surface area (Å²) < 4.78 is 0. The lowest BCUT2D eigenvalue weighted by Crippen LogP contribution is -2.52. The summed E-state index contributed by atoms with van der Waals surface area (Å²) in [4.78, 5) is 14.1. The number of hydrogen-bond acceptors (Lipinski definition) is 2. The third-order valence-corrected chi connectivity index (χ3v) is 3.00. The molecule has 0 radical (unpaired) electrons. The lowest BCUT2D eigenvalue weighted by Gasteiger charge is -2.34. The van der Waals surface area contributed by atoms with Gasteiger partial charge in [0.15, 0.2) is 0 Å². The van der Waals surface area contributed by atoms with E-state index in [0.717, 1.165) is 38.0 Å². The van der Waals surface area contributed by atoms with Crippen LogP contribution in [0.5, 0.6) is 0 Å². The Morgan fingerprint density at radius 3 is 3.07 bits per heavy atom. The molecule has 3 heteroatoms. The van der Waals surface area contributed by atoms with Crippen LogP contribution in [0.3, 0.4) is 0 Å². The smallest absolute Gasteiger partial charge is 0.253 e. The Balaban J connectivity index is 2.06. The zero-order valence-corrected chi connectivity index (χ0v) is 9.20. The van der Waals surface area contributed by atoms with Crippen LogP contribution in [0.15, 0.2) is 23.8 Å². The van der Waals surface area contributed by atoms with Crippen LogP contribution in [0.4, 0.5) is 0 Å². The minimum atomic E-state index is 0.194. The largest absolute Gasteiger partial charge is 0.333 e. The van der Waals surface area contributed by atoms with E-state index in [1.54, 1.807) is 0 Å². The summed E-state index contributed by atoms with van der Waals surface area (Å²) >= 11 is 0. The maximum atomic E-state index is 12.1. The molecule has 0 aromatic heterocycles. The van der Waals surface area contributed by atoms with Gasteiger partial charge in [0.1, 0.15) is 0 Å². The minimum absolute atomic E-state index is 0.194. The number of piperazine rings is 1. The number of hydrogen-bond donors (Lipinski definition) is 1. The first-order chi connectivity index (χ1) is 7.29. The van der Waals surface area contributed by atoms with Crippen molar-refractivity contribution in [1.82, 2.24) is 10.2 Å². The van der Waals surface area contributed by atoms with E-state index in [4.69, 9.17) is 0 Å². The standard InChI is InChI=1S/C12H18N2O/c1-10-9-13-7-8-14(10)12(15)11-5-3-2-4-6-11/h3,5-6,10,13H,2,4,7-9H2,1H3/t10-/m0/s1. The van der Waals surface area contributed by atoms with Gasteiger partial charge < -0.3 is 10.2 Å². The van der Waals surface area contributed by atoms with Gasteiger partial charge in [-0.15, -0.1) is 0 Å². The zero-order chi connectivity index (χ0) is 10.7. The maximum absolute atomic E-state index is 12.1. The Labute approximate surface area is 90.8 Å². The van der Waals surface area contributed by atoms with Crippen molar-refractivity contribution >= 4 is 5.91 Å². The molecule has 0 bridgehead atoms. The monoisotopic (exact) mass is 206 g/mol. The molecule has 1 fully saturated rings. The summed E-state index contributed by atoms with van der Waals surface area (Å²) in [6, 6.07) is 0.308. The second-order valence-corrected chi connectivity index (χ2v) is 4.19. The fourth-order valence-electron chi connectivity index (χ4n) is 2.08. The van der Waals surface area contributed by atoms with Crippen molar-refractivity contribution in [2.24, 2.45) is 0 Å². The Morgan fingerprint density at radius 2 is 2.40 bits per heavy atom. The summed E-state index contributed by atoms with van der Waals surface area (Å²) in [5.74, 6) is 0.194. The topological polar surface area (TPSA) is 32.3 Å². The summed E-state index contributed by atoms with van der Waals surface area (Å²) in [6.07, 6.45) is 8.16. The molecule has 0 unspecified atom stereocenters. The molecule has 1 saturated heterocycles. The van der Waals surface area contributed by atoms with Crippen molar-refractivity contribution in [3.05, 3.63) is 23.8 Å². The molecule has 1 N–H and O–H groups in total. The molecule has 0 spiro atoms. The first-order valence-electron chi connectivity index (χ1n) is 5.67. The van der Waals surface area contributed by atoms with Crippen molar-refractivity contribution < 1.29 is 4.79 Å². The maximum Gasteiger partial charge on any atom is 0.253 e. The number of amides is 1. The Bertz CT molecular complexity index is 307. The van der Waals surface area contributed by atoms with Crippen LogP contribution >= 0.6 is 0 Å². The number of allylic oxidation sites excluding steroid dienone is 2. The average molecular weight is 206 g/mol. The van der Waals surface area contributed by atoms with Gasteiger partial charge in [-0.3, -0.25) is 4.79 Å². The van der Waals surface area contributed by atoms with Gasteiger partial charge in [0.2, 0.25) is 0 Å². The highest BCUT2D eigenvalue weighted by Crippen LogP contribution is 2.15. The van der Waals surface area contributed by atoms with Gasteiger partial charge in [0, 0.05) is 31.2 Å². The molecule has 1 aliphatic carbocycles.